The van der Waals surface area contributed by atoms with Gasteiger partial charge in [-0.1, -0.05) is 23.7 Å². The van der Waals surface area contributed by atoms with E-state index in [-0.39, 0.29) is 34.7 Å². The van der Waals surface area contributed by atoms with Crippen LogP contribution in [0.2, 0.25) is 5.02 Å². The fourth-order valence-corrected chi connectivity index (χ4v) is 4.78. The van der Waals surface area contributed by atoms with Gasteiger partial charge in [-0.15, -0.1) is 0 Å². The minimum atomic E-state index is -4.04. The summed E-state index contributed by atoms with van der Waals surface area (Å²) in [4.78, 5) is 12.5. The monoisotopic (exact) mass is 488 g/mol. The lowest BCUT2D eigenvalue weighted by molar-refractivity contribution is 0.0789. The Hall–Kier alpha value is -3.43. The molecule has 0 saturated carbocycles. The van der Waals surface area contributed by atoms with Crippen molar-refractivity contribution in [2.24, 2.45) is 0 Å². The zero-order valence-electron chi connectivity index (χ0n) is 17.6. The summed E-state index contributed by atoms with van der Waals surface area (Å²) in [6.45, 7) is 0.464. The molecule has 1 amide bonds. The van der Waals surface area contributed by atoms with Gasteiger partial charge in [0.05, 0.1) is 18.7 Å². The van der Waals surface area contributed by atoms with Crippen LogP contribution in [0.15, 0.2) is 71.6 Å². The second-order valence-electron chi connectivity index (χ2n) is 7.19. The number of ether oxygens (including phenoxy) is 3. The van der Waals surface area contributed by atoms with Crippen molar-refractivity contribution in [2.45, 2.75) is 11.0 Å². The predicted octanol–water partition coefficient (Wildman–Crippen LogP) is 3.72. The van der Waals surface area contributed by atoms with Gasteiger partial charge in [0.25, 0.3) is 15.9 Å². The number of halogens is 1. The second kappa shape index (κ2) is 9.60. The van der Waals surface area contributed by atoms with Crippen molar-refractivity contribution in [3.05, 3.63) is 77.3 Å². The molecule has 0 bridgehead atoms. The predicted molar refractivity (Wildman–Crippen MR) is 124 cm³/mol. The van der Waals surface area contributed by atoms with Crippen molar-refractivity contribution >= 4 is 33.2 Å². The molecule has 1 aliphatic heterocycles. The number of para-hydroxylation sites is 2. The standard InChI is InChI=1S/C23H21ClN2O6S/c1-30-17-9-7-16(8-10-17)26-33(28,29)22-12-15(6-11-19(22)24)23(27)25-13-18-14-31-20-4-2-3-5-21(20)32-18/h2-12,18,26H,13-14H2,1H3,(H,25,27). The van der Waals surface area contributed by atoms with E-state index in [9.17, 15) is 13.2 Å². The highest BCUT2D eigenvalue weighted by Crippen LogP contribution is 2.31. The molecule has 0 aromatic heterocycles. The van der Waals surface area contributed by atoms with Crippen LogP contribution in [0.25, 0.3) is 0 Å². The SMILES string of the molecule is COc1ccc(NS(=O)(=O)c2cc(C(=O)NCC3COc4ccccc4O3)ccc2Cl)cc1. The first-order chi connectivity index (χ1) is 15.9. The minimum absolute atomic E-state index is 0.00631. The highest BCUT2D eigenvalue weighted by atomic mass is 35.5. The molecule has 3 aromatic rings. The van der Waals surface area contributed by atoms with Crippen LogP contribution in [0.1, 0.15) is 10.4 Å². The molecule has 10 heteroatoms. The van der Waals surface area contributed by atoms with Crippen molar-refractivity contribution in [3.8, 4) is 17.2 Å². The van der Waals surface area contributed by atoms with E-state index in [2.05, 4.69) is 10.0 Å². The number of anilines is 1. The Morgan fingerprint density at radius 2 is 1.82 bits per heavy atom. The van der Waals surface area contributed by atoms with Gasteiger partial charge in [-0.25, -0.2) is 8.42 Å². The largest absolute Gasteiger partial charge is 0.497 e. The Kier molecular flexibility index (Phi) is 6.62. The van der Waals surface area contributed by atoms with Gasteiger partial charge in [0.2, 0.25) is 0 Å². The van der Waals surface area contributed by atoms with Gasteiger partial charge < -0.3 is 19.5 Å². The molecule has 1 unspecified atom stereocenters. The first-order valence-electron chi connectivity index (χ1n) is 9.99. The van der Waals surface area contributed by atoms with Gasteiger partial charge >= 0.3 is 0 Å². The molecule has 0 fully saturated rings. The molecule has 8 nitrogen and oxygen atoms in total. The van der Waals surface area contributed by atoms with Crippen LogP contribution in [0.4, 0.5) is 5.69 Å². The van der Waals surface area contributed by atoms with Crippen LogP contribution in [0.5, 0.6) is 17.2 Å². The maximum atomic E-state index is 12.9. The summed E-state index contributed by atoms with van der Waals surface area (Å²) >= 11 is 6.14. The lowest BCUT2D eigenvalue weighted by atomic mass is 10.2. The van der Waals surface area contributed by atoms with Crippen molar-refractivity contribution in [3.63, 3.8) is 0 Å². The highest BCUT2D eigenvalue weighted by molar-refractivity contribution is 7.92. The molecule has 33 heavy (non-hydrogen) atoms. The van der Waals surface area contributed by atoms with E-state index in [1.165, 1.54) is 25.3 Å². The van der Waals surface area contributed by atoms with E-state index in [1.54, 1.807) is 36.4 Å². The molecule has 0 saturated heterocycles. The number of rotatable bonds is 7. The molecular formula is C23H21ClN2O6S. The molecule has 3 aromatic carbocycles. The van der Waals surface area contributed by atoms with Gasteiger partial charge in [-0.2, -0.15) is 0 Å². The first-order valence-corrected chi connectivity index (χ1v) is 11.8. The summed E-state index contributed by atoms with van der Waals surface area (Å²) in [5, 5.41) is 2.74. The lowest BCUT2D eigenvalue weighted by Crippen LogP contribution is -2.40. The molecule has 1 aliphatic rings. The Morgan fingerprint density at radius 1 is 1.09 bits per heavy atom. The van der Waals surface area contributed by atoms with Crippen molar-refractivity contribution in [1.29, 1.82) is 0 Å². The third-order valence-corrected chi connectivity index (χ3v) is 6.75. The molecule has 0 radical (unpaired) electrons. The van der Waals surface area contributed by atoms with Gasteiger partial charge in [0, 0.05) is 11.3 Å². The summed E-state index contributed by atoms with van der Waals surface area (Å²) in [5.41, 5.74) is 0.475. The van der Waals surface area contributed by atoms with E-state index < -0.39 is 15.9 Å². The number of methoxy groups -OCH3 is 1. The molecule has 1 atom stereocenters. The Balaban J connectivity index is 1.44. The van der Waals surface area contributed by atoms with Gasteiger partial charge in [0.15, 0.2) is 11.5 Å². The summed E-state index contributed by atoms with van der Waals surface area (Å²) in [7, 11) is -2.52. The molecular weight excluding hydrogens is 468 g/mol. The number of carbonyl (C=O) groups is 1. The smallest absolute Gasteiger partial charge is 0.263 e. The molecule has 1 heterocycles. The summed E-state index contributed by atoms with van der Waals surface area (Å²) in [5.74, 6) is 1.38. The summed E-state index contributed by atoms with van der Waals surface area (Å²) in [6, 6.07) is 17.7. The van der Waals surface area contributed by atoms with Crippen LogP contribution >= 0.6 is 11.6 Å². The molecule has 0 spiro atoms. The Labute approximate surface area is 196 Å². The summed E-state index contributed by atoms with van der Waals surface area (Å²) in [6.07, 6.45) is -0.379. The maximum absolute atomic E-state index is 12.9. The third-order valence-electron chi connectivity index (χ3n) is 4.88. The quantitative estimate of drug-likeness (QED) is 0.525. The maximum Gasteiger partial charge on any atom is 0.263 e. The summed E-state index contributed by atoms with van der Waals surface area (Å²) < 4.78 is 44.7. The molecule has 172 valence electrons. The zero-order valence-corrected chi connectivity index (χ0v) is 19.2. The van der Waals surface area contributed by atoms with Gasteiger partial charge in [-0.3, -0.25) is 9.52 Å². The highest BCUT2D eigenvalue weighted by Gasteiger charge is 2.23. The van der Waals surface area contributed by atoms with E-state index in [0.717, 1.165) is 0 Å². The topological polar surface area (TPSA) is 103 Å². The number of sulfonamides is 1. The van der Waals surface area contributed by atoms with Crippen molar-refractivity contribution in [2.75, 3.05) is 25.0 Å². The van der Waals surface area contributed by atoms with Crippen LogP contribution in [-0.2, 0) is 10.0 Å². The van der Waals surface area contributed by atoms with Gasteiger partial charge in [0.1, 0.15) is 23.4 Å². The molecule has 0 aliphatic carbocycles. The fraction of sp³-hybridized carbons (Fsp3) is 0.174. The Morgan fingerprint density at radius 3 is 2.55 bits per heavy atom. The molecule has 4 rings (SSSR count). The average molecular weight is 489 g/mol. The van der Waals surface area contributed by atoms with Crippen molar-refractivity contribution < 1.29 is 27.4 Å². The Bertz CT molecular complexity index is 1260. The van der Waals surface area contributed by atoms with Gasteiger partial charge in [-0.05, 0) is 54.6 Å². The van der Waals surface area contributed by atoms with Crippen LogP contribution in [-0.4, -0.2) is 40.7 Å². The van der Waals surface area contributed by atoms with Crippen LogP contribution in [0.3, 0.4) is 0 Å². The second-order valence-corrected chi connectivity index (χ2v) is 9.24. The minimum Gasteiger partial charge on any atom is -0.497 e. The van der Waals surface area contributed by atoms with Crippen LogP contribution in [0, 0.1) is 0 Å². The third kappa shape index (κ3) is 5.32. The number of carbonyl (C=O) groups excluding carboxylic acids is 1. The average Bonchev–Trinajstić information content (AvgIpc) is 2.82. The van der Waals surface area contributed by atoms with Crippen molar-refractivity contribution in [1.82, 2.24) is 5.32 Å². The number of hydrogen-bond acceptors (Lipinski definition) is 6. The number of benzene rings is 3. The normalized spacial score (nSPS) is 14.9. The number of fused-ring (bicyclic) bond motifs is 1. The first kappa shape index (κ1) is 22.8. The zero-order chi connectivity index (χ0) is 23.4. The number of hydrogen-bond donors (Lipinski definition) is 2. The van der Waals surface area contributed by atoms with Crippen LogP contribution < -0.4 is 24.2 Å². The van der Waals surface area contributed by atoms with E-state index in [4.69, 9.17) is 25.8 Å². The number of nitrogens with one attached hydrogen (secondary N) is 2. The van der Waals surface area contributed by atoms with E-state index >= 15 is 0 Å². The molecule has 2 N–H and O–H groups in total. The number of amides is 1. The van der Waals surface area contributed by atoms with E-state index in [0.29, 0.717) is 22.9 Å². The van der Waals surface area contributed by atoms with E-state index in [1.807, 2.05) is 12.1 Å². The fourth-order valence-electron chi connectivity index (χ4n) is 3.19. The lowest BCUT2D eigenvalue weighted by Gasteiger charge is -2.26.